The molecule has 0 bridgehead atoms. The lowest BCUT2D eigenvalue weighted by atomic mass is 10.0. The van der Waals surface area contributed by atoms with Crippen LogP contribution in [0.5, 0.6) is 5.75 Å². The second-order valence-electron chi connectivity index (χ2n) is 5.46. The third-order valence-corrected chi connectivity index (χ3v) is 4.17. The van der Waals surface area contributed by atoms with E-state index < -0.39 is 6.10 Å². The van der Waals surface area contributed by atoms with Crippen LogP contribution in [0.1, 0.15) is 32.8 Å². The summed E-state index contributed by atoms with van der Waals surface area (Å²) < 4.78 is 5.57. The van der Waals surface area contributed by atoms with E-state index in [1.165, 1.54) is 0 Å². The molecule has 3 unspecified atom stereocenters. The van der Waals surface area contributed by atoms with E-state index in [0.29, 0.717) is 18.5 Å². The molecule has 20 heavy (non-hydrogen) atoms. The molecule has 0 heterocycles. The van der Waals surface area contributed by atoms with Gasteiger partial charge in [0.25, 0.3) is 0 Å². The van der Waals surface area contributed by atoms with Crippen molar-refractivity contribution in [3.63, 3.8) is 0 Å². The number of benzene rings is 1. The highest BCUT2D eigenvalue weighted by molar-refractivity contribution is 6.31. The molecule has 0 spiro atoms. The molecule has 2 N–H and O–H groups in total. The van der Waals surface area contributed by atoms with Gasteiger partial charge < -0.3 is 15.2 Å². The Bertz CT molecular complexity index is 411. The van der Waals surface area contributed by atoms with Gasteiger partial charge >= 0.3 is 0 Å². The number of aliphatic hydroxyl groups is 1. The fourth-order valence-corrected chi connectivity index (χ4v) is 1.95. The summed E-state index contributed by atoms with van der Waals surface area (Å²) in [5, 5.41) is 14.0. The molecule has 0 fully saturated rings. The van der Waals surface area contributed by atoms with Crippen molar-refractivity contribution in [2.24, 2.45) is 5.92 Å². The highest BCUT2D eigenvalue weighted by Crippen LogP contribution is 2.21. The molecule has 0 aliphatic carbocycles. The van der Waals surface area contributed by atoms with Crippen molar-refractivity contribution < 1.29 is 9.84 Å². The molecule has 0 aromatic heterocycles. The van der Waals surface area contributed by atoms with Crippen LogP contribution in [-0.4, -0.2) is 30.4 Å². The van der Waals surface area contributed by atoms with Crippen molar-refractivity contribution in [1.82, 2.24) is 5.32 Å². The second-order valence-corrected chi connectivity index (χ2v) is 5.87. The van der Waals surface area contributed by atoms with Crippen LogP contribution in [0.15, 0.2) is 18.2 Å². The first-order valence-corrected chi connectivity index (χ1v) is 7.62. The Hall–Kier alpha value is -0.770. The van der Waals surface area contributed by atoms with Gasteiger partial charge in [-0.05, 0) is 43.5 Å². The van der Waals surface area contributed by atoms with Gasteiger partial charge in [-0.25, -0.2) is 0 Å². The molecule has 1 rings (SSSR count). The summed E-state index contributed by atoms with van der Waals surface area (Å²) in [6.07, 6.45) is 0.614. The van der Waals surface area contributed by atoms with Crippen LogP contribution in [-0.2, 0) is 0 Å². The number of aliphatic hydroxyl groups excluding tert-OH is 1. The van der Waals surface area contributed by atoms with Crippen molar-refractivity contribution in [3.05, 3.63) is 28.8 Å². The Morgan fingerprint density at radius 2 is 2.05 bits per heavy atom. The Labute approximate surface area is 127 Å². The summed E-state index contributed by atoms with van der Waals surface area (Å²) in [5.74, 6) is 1.34. The van der Waals surface area contributed by atoms with Gasteiger partial charge in [0, 0.05) is 17.6 Å². The third kappa shape index (κ3) is 5.70. The van der Waals surface area contributed by atoms with Crippen LogP contribution in [0.25, 0.3) is 0 Å². The summed E-state index contributed by atoms with van der Waals surface area (Å²) >= 11 is 5.96. The number of hydrogen-bond acceptors (Lipinski definition) is 3. The van der Waals surface area contributed by atoms with Gasteiger partial charge in [-0.1, -0.05) is 31.9 Å². The van der Waals surface area contributed by atoms with E-state index in [0.717, 1.165) is 22.8 Å². The first-order chi connectivity index (χ1) is 9.43. The molecular weight excluding hydrogens is 274 g/mol. The molecular formula is C16H26ClNO2. The maximum absolute atomic E-state index is 9.92. The fourth-order valence-electron chi connectivity index (χ4n) is 1.83. The van der Waals surface area contributed by atoms with Crippen LogP contribution >= 0.6 is 11.6 Å². The van der Waals surface area contributed by atoms with Gasteiger partial charge in [0.05, 0.1) is 0 Å². The first kappa shape index (κ1) is 17.3. The Balaban J connectivity index is 2.32. The van der Waals surface area contributed by atoms with E-state index in [1.807, 2.05) is 25.1 Å². The van der Waals surface area contributed by atoms with Gasteiger partial charge in [-0.2, -0.15) is 0 Å². The number of ether oxygens (including phenoxy) is 1. The quantitative estimate of drug-likeness (QED) is 0.773. The smallest absolute Gasteiger partial charge is 0.119 e. The monoisotopic (exact) mass is 299 g/mol. The van der Waals surface area contributed by atoms with Crippen LogP contribution in [0.2, 0.25) is 5.02 Å². The van der Waals surface area contributed by atoms with Crippen molar-refractivity contribution in [3.8, 4) is 5.75 Å². The summed E-state index contributed by atoms with van der Waals surface area (Å²) in [4.78, 5) is 0. The third-order valence-electron chi connectivity index (χ3n) is 3.74. The van der Waals surface area contributed by atoms with Gasteiger partial charge in [-0.3, -0.25) is 0 Å². The number of nitrogens with one attached hydrogen (secondary N) is 1. The van der Waals surface area contributed by atoms with Gasteiger partial charge in [0.2, 0.25) is 0 Å². The topological polar surface area (TPSA) is 41.5 Å². The average Bonchev–Trinajstić information content (AvgIpc) is 2.45. The van der Waals surface area contributed by atoms with Crippen molar-refractivity contribution in [2.75, 3.05) is 13.2 Å². The van der Waals surface area contributed by atoms with E-state index in [2.05, 4.69) is 26.1 Å². The normalized spacial score (nSPS) is 15.7. The molecule has 114 valence electrons. The number of rotatable bonds is 8. The van der Waals surface area contributed by atoms with E-state index in [1.54, 1.807) is 0 Å². The molecule has 4 heteroatoms. The SMILES string of the molecule is CCC(C)C(C)NCC(O)COc1ccc(Cl)c(C)c1. The fraction of sp³-hybridized carbons (Fsp3) is 0.625. The lowest BCUT2D eigenvalue weighted by Gasteiger charge is -2.22. The molecule has 1 aromatic carbocycles. The maximum atomic E-state index is 9.92. The first-order valence-electron chi connectivity index (χ1n) is 7.24. The van der Waals surface area contributed by atoms with E-state index >= 15 is 0 Å². The van der Waals surface area contributed by atoms with Gasteiger partial charge in [0.15, 0.2) is 0 Å². The lowest BCUT2D eigenvalue weighted by molar-refractivity contribution is 0.102. The van der Waals surface area contributed by atoms with Crippen LogP contribution in [0.3, 0.4) is 0 Å². The van der Waals surface area contributed by atoms with Crippen molar-refractivity contribution >= 4 is 11.6 Å². The highest BCUT2D eigenvalue weighted by atomic mass is 35.5. The molecule has 1 aromatic rings. The van der Waals surface area contributed by atoms with E-state index in [9.17, 15) is 5.11 Å². The Kier molecular flexibility index (Phi) is 7.35. The minimum Gasteiger partial charge on any atom is -0.491 e. The predicted octanol–water partition coefficient (Wildman–Crippen LogP) is 3.41. The minimum absolute atomic E-state index is 0.279. The summed E-state index contributed by atoms with van der Waals surface area (Å²) in [7, 11) is 0. The standard InChI is InChI=1S/C16H26ClNO2/c1-5-11(2)13(4)18-9-14(19)10-20-15-6-7-16(17)12(3)8-15/h6-8,11,13-14,18-19H,5,9-10H2,1-4H3. The average molecular weight is 300 g/mol. The minimum atomic E-state index is -0.516. The number of hydrogen-bond donors (Lipinski definition) is 2. The van der Waals surface area contributed by atoms with E-state index in [-0.39, 0.29) is 6.61 Å². The van der Waals surface area contributed by atoms with Gasteiger partial charge in [-0.15, -0.1) is 0 Å². The lowest BCUT2D eigenvalue weighted by Crippen LogP contribution is -2.39. The molecule has 0 aliphatic heterocycles. The molecule has 0 radical (unpaired) electrons. The molecule has 0 saturated heterocycles. The highest BCUT2D eigenvalue weighted by Gasteiger charge is 2.12. The largest absolute Gasteiger partial charge is 0.491 e. The zero-order chi connectivity index (χ0) is 15.1. The number of aryl methyl sites for hydroxylation is 1. The maximum Gasteiger partial charge on any atom is 0.119 e. The van der Waals surface area contributed by atoms with Crippen LogP contribution in [0.4, 0.5) is 0 Å². The zero-order valence-corrected chi connectivity index (χ0v) is 13.6. The summed E-state index contributed by atoms with van der Waals surface area (Å²) in [5.41, 5.74) is 0.974. The zero-order valence-electron chi connectivity index (χ0n) is 12.8. The summed E-state index contributed by atoms with van der Waals surface area (Å²) in [6, 6.07) is 5.90. The van der Waals surface area contributed by atoms with Crippen molar-refractivity contribution in [2.45, 2.75) is 46.3 Å². The van der Waals surface area contributed by atoms with Crippen LogP contribution < -0.4 is 10.1 Å². The molecule has 0 amide bonds. The van der Waals surface area contributed by atoms with Crippen LogP contribution in [0, 0.1) is 12.8 Å². The van der Waals surface area contributed by atoms with Crippen molar-refractivity contribution in [1.29, 1.82) is 0 Å². The van der Waals surface area contributed by atoms with Gasteiger partial charge in [0.1, 0.15) is 18.5 Å². The molecule has 3 atom stereocenters. The summed E-state index contributed by atoms with van der Waals surface area (Å²) in [6.45, 7) is 9.27. The van der Waals surface area contributed by atoms with E-state index in [4.69, 9.17) is 16.3 Å². The second kappa shape index (κ2) is 8.50. The molecule has 0 saturated carbocycles. The molecule has 0 aliphatic rings. The predicted molar refractivity (Wildman–Crippen MR) is 84.6 cm³/mol. The Morgan fingerprint density at radius 3 is 2.65 bits per heavy atom. The Morgan fingerprint density at radius 1 is 1.35 bits per heavy atom. The molecule has 3 nitrogen and oxygen atoms in total. The number of halogens is 1.